The number of halogens is 1. The first-order valence-electron chi connectivity index (χ1n) is 9.50. The molecule has 0 aliphatic carbocycles. The van der Waals surface area contributed by atoms with Crippen LogP contribution in [-0.4, -0.2) is 35.6 Å². The van der Waals surface area contributed by atoms with E-state index in [2.05, 4.69) is 27.5 Å². The molecule has 28 heavy (non-hydrogen) atoms. The maximum atomic E-state index is 12.6. The smallest absolute Gasteiger partial charge is 0.273 e. The Morgan fingerprint density at radius 2 is 1.82 bits per heavy atom. The minimum atomic E-state index is -0.232. The zero-order valence-corrected chi connectivity index (χ0v) is 16.2. The van der Waals surface area contributed by atoms with Crippen LogP contribution in [-0.2, 0) is 0 Å². The SMILES string of the molecule is O=C(NC[C@H](c1ccccc1)N1CCCC1)c1cc(-c2ccc(Cl)cc2)on1. The van der Waals surface area contributed by atoms with Gasteiger partial charge in [-0.2, -0.15) is 0 Å². The Hall–Kier alpha value is -2.63. The molecule has 1 aliphatic rings. The molecule has 1 atom stereocenters. The summed E-state index contributed by atoms with van der Waals surface area (Å²) >= 11 is 5.92. The first-order valence-corrected chi connectivity index (χ1v) is 9.88. The second kappa shape index (κ2) is 8.59. The summed E-state index contributed by atoms with van der Waals surface area (Å²) in [7, 11) is 0. The van der Waals surface area contributed by atoms with Crippen molar-refractivity contribution in [2.75, 3.05) is 19.6 Å². The molecule has 0 radical (unpaired) electrons. The zero-order valence-electron chi connectivity index (χ0n) is 15.5. The van der Waals surface area contributed by atoms with Gasteiger partial charge in [0.05, 0.1) is 6.04 Å². The largest absolute Gasteiger partial charge is 0.355 e. The summed E-state index contributed by atoms with van der Waals surface area (Å²) in [5.41, 5.74) is 2.32. The molecule has 0 bridgehead atoms. The summed E-state index contributed by atoms with van der Waals surface area (Å²) in [6.07, 6.45) is 2.40. The monoisotopic (exact) mass is 395 g/mol. The predicted molar refractivity (Wildman–Crippen MR) is 109 cm³/mol. The highest BCUT2D eigenvalue weighted by atomic mass is 35.5. The lowest BCUT2D eigenvalue weighted by Crippen LogP contribution is -2.36. The second-order valence-corrected chi connectivity index (χ2v) is 7.40. The minimum Gasteiger partial charge on any atom is -0.355 e. The topological polar surface area (TPSA) is 58.4 Å². The zero-order chi connectivity index (χ0) is 19.3. The van der Waals surface area contributed by atoms with Crippen molar-refractivity contribution in [3.05, 3.63) is 76.9 Å². The summed E-state index contributed by atoms with van der Waals surface area (Å²) in [6.45, 7) is 2.65. The van der Waals surface area contributed by atoms with Crippen LogP contribution in [0.5, 0.6) is 0 Å². The van der Waals surface area contributed by atoms with Crippen LogP contribution in [0.3, 0.4) is 0 Å². The summed E-state index contributed by atoms with van der Waals surface area (Å²) in [5, 5.41) is 7.60. The number of nitrogens with zero attached hydrogens (tertiary/aromatic N) is 2. The molecule has 2 aromatic carbocycles. The molecule has 1 fully saturated rings. The molecule has 1 saturated heterocycles. The van der Waals surface area contributed by atoms with E-state index in [4.69, 9.17) is 16.1 Å². The van der Waals surface area contributed by atoms with Crippen molar-refractivity contribution in [1.29, 1.82) is 0 Å². The highest BCUT2D eigenvalue weighted by Gasteiger charge is 2.24. The number of carbonyl (C=O) groups excluding carboxylic acids is 1. The van der Waals surface area contributed by atoms with Crippen LogP contribution in [0.25, 0.3) is 11.3 Å². The average molecular weight is 396 g/mol. The van der Waals surface area contributed by atoms with Crippen molar-refractivity contribution in [3.8, 4) is 11.3 Å². The molecule has 2 heterocycles. The Kier molecular flexibility index (Phi) is 5.74. The molecule has 4 rings (SSSR count). The number of hydrogen-bond donors (Lipinski definition) is 1. The normalized spacial score (nSPS) is 15.5. The van der Waals surface area contributed by atoms with E-state index >= 15 is 0 Å². The van der Waals surface area contributed by atoms with Crippen molar-refractivity contribution in [1.82, 2.24) is 15.4 Å². The number of likely N-dealkylation sites (tertiary alicyclic amines) is 1. The lowest BCUT2D eigenvalue weighted by Gasteiger charge is -2.28. The Morgan fingerprint density at radius 1 is 1.11 bits per heavy atom. The molecule has 1 aromatic heterocycles. The number of aromatic nitrogens is 1. The standard InChI is InChI=1S/C22H22ClN3O2/c23-18-10-8-17(9-11-18)21-14-19(25-28-21)22(27)24-15-20(26-12-4-5-13-26)16-6-2-1-3-7-16/h1-3,6-11,14,20H,4-5,12-13,15H2,(H,24,27)/t20-/m1/s1. The van der Waals surface area contributed by atoms with Crippen LogP contribution in [0.15, 0.2) is 65.2 Å². The fourth-order valence-electron chi connectivity index (χ4n) is 3.60. The third-order valence-corrected chi connectivity index (χ3v) is 5.35. The van der Waals surface area contributed by atoms with E-state index in [0.717, 1.165) is 18.7 Å². The molecule has 5 nitrogen and oxygen atoms in total. The van der Waals surface area contributed by atoms with Crippen LogP contribution >= 0.6 is 11.6 Å². The molecule has 6 heteroatoms. The van der Waals surface area contributed by atoms with Gasteiger partial charge in [0.15, 0.2) is 11.5 Å². The molecule has 0 unspecified atom stereocenters. The van der Waals surface area contributed by atoms with E-state index in [1.54, 1.807) is 18.2 Å². The molecule has 1 amide bonds. The van der Waals surface area contributed by atoms with E-state index in [1.807, 2.05) is 30.3 Å². The molecular weight excluding hydrogens is 374 g/mol. The lowest BCUT2D eigenvalue weighted by atomic mass is 10.1. The fourth-order valence-corrected chi connectivity index (χ4v) is 3.72. The van der Waals surface area contributed by atoms with Gasteiger partial charge in [-0.3, -0.25) is 9.69 Å². The molecule has 1 aliphatic heterocycles. The lowest BCUT2D eigenvalue weighted by molar-refractivity contribution is 0.0929. The first kappa shape index (κ1) is 18.7. The Bertz CT molecular complexity index is 918. The third kappa shape index (κ3) is 4.26. The summed E-state index contributed by atoms with van der Waals surface area (Å²) in [6, 6.07) is 19.4. The fraction of sp³-hybridized carbons (Fsp3) is 0.273. The molecule has 0 saturated carbocycles. The van der Waals surface area contributed by atoms with E-state index in [9.17, 15) is 4.79 Å². The maximum absolute atomic E-state index is 12.6. The quantitative estimate of drug-likeness (QED) is 0.664. The van der Waals surface area contributed by atoms with E-state index in [-0.39, 0.29) is 17.6 Å². The molecule has 3 aromatic rings. The highest BCUT2D eigenvalue weighted by Crippen LogP contribution is 2.25. The van der Waals surface area contributed by atoms with Gasteiger partial charge in [0.1, 0.15) is 0 Å². The number of benzene rings is 2. The van der Waals surface area contributed by atoms with Crippen molar-refractivity contribution in [2.45, 2.75) is 18.9 Å². The van der Waals surface area contributed by atoms with E-state index in [0.29, 0.717) is 17.3 Å². The Balaban J connectivity index is 1.44. The van der Waals surface area contributed by atoms with Crippen LogP contribution in [0.4, 0.5) is 0 Å². The molecular formula is C22H22ClN3O2. The summed E-state index contributed by atoms with van der Waals surface area (Å²) in [4.78, 5) is 15.0. The first-order chi connectivity index (χ1) is 13.7. The maximum Gasteiger partial charge on any atom is 0.273 e. The summed E-state index contributed by atoms with van der Waals surface area (Å²) < 4.78 is 5.34. The molecule has 144 valence electrons. The van der Waals surface area contributed by atoms with Gasteiger partial charge in [-0.05, 0) is 55.8 Å². The van der Waals surface area contributed by atoms with Gasteiger partial charge in [-0.15, -0.1) is 0 Å². The average Bonchev–Trinajstić information content (AvgIpc) is 3.42. The number of rotatable bonds is 6. The van der Waals surface area contributed by atoms with Gasteiger partial charge in [-0.25, -0.2) is 0 Å². The predicted octanol–water partition coefficient (Wildman–Crippen LogP) is 4.56. The highest BCUT2D eigenvalue weighted by molar-refractivity contribution is 6.30. The Labute approximate surface area is 169 Å². The number of carbonyl (C=O) groups is 1. The van der Waals surface area contributed by atoms with Crippen LogP contribution in [0.2, 0.25) is 5.02 Å². The second-order valence-electron chi connectivity index (χ2n) is 6.96. The van der Waals surface area contributed by atoms with Gasteiger partial charge >= 0.3 is 0 Å². The molecule has 1 N–H and O–H groups in total. The number of amides is 1. The van der Waals surface area contributed by atoms with Gasteiger partial charge in [0.2, 0.25) is 0 Å². The van der Waals surface area contributed by atoms with Crippen LogP contribution < -0.4 is 5.32 Å². The van der Waals surface area contributed by atoms with Crippen molar-refractivity contribution in [2.24, 2.45) is 0 Å². The van der Waals surface area contributed by atoms with Gasteiger partial charge in [0, 0.05) is 23.2 Å². The van der Waals surface area contributed by atoms with Gasteiger partial charge in [-0.1, -0.05) is 47.1 Å². The van der Waals surface area contributed by atoms with Crippen LogP contribution in [0, 0.1) is 0 Å². The Morgan fingerprint density at radius 3 is 2.54 bits per heavy atom. The van der Waals surface area contributed by atoms with Gasteiger partial charge < -0.3 is 9.84 Å². The molecule has 0 spiro atoms. The van der Waals surface area contributed by atoms with Crippen molar-refractivity contribution < 1.29 is 9.32 Å². The van der Waals surface area contributed by atoms with Crippen LogP contribution in [0.1, 0.15) is 34.9 Å². The van der Waals surface area contributed by atoms with Crippen molar-refractivity contribution in [3.63, 3.8) is 0 Å². The van der Waals surface area contributed by atoms with E-state index in [1.165, 1.54) is 18.4 Å². The van der Waals surface area contributed by atoms with E-state index < -0.39 is 0 Å². The minimum absolute atomic E-state index is 0.162. The third-order valence-electron chi connectivity index (χ3n) is 5.09. The van der Waals surface area contributed by atoms with Gasteiger partial charge in [0.25, 0.3) is 5.91 Å². The van der Waals surface area contributed by atoms with Crippen molar-refractivity contribution >= 4 is 17.5 Å². The number of hydrogen-bond acceptors (Lipinski definition) is 4. The number of nitrogens with one attached hydrogen (secondary N) is 1. The summed E-state index contributed by atoms with van der Waals surface area (Å²) in [5.74, 6) is 0.310.